The van der Waals surface area contributed by atoms with E-state index in [4.69, 9.17) is 0 Å². The normalized spacial score (nSPS) is 13.7. The Morgan fingerprint density at radius 2 is 0.485 bits per heavy atom. The standard InChI is InChI=1S/C32H12BF24.C8H11N/c34-25(35,36)13-5-1-9-17(21(13)29(46,47)48)33(18-10-2-6-14(26(37,38)39)22(18)30(49,50)51,19-11-3-7-15(27(40,41)42)23(19)31(52,53)54)20-12-4-8-16(28(43,44)45)24(20)32(55,56)57;1-9(2)8-6-4-3-5-7-8/h1-12H;3-7H,1-2H3/q-1;/p+1. The summed E-state index contributed by atoms with van der Waals surface area (Å²) in [6.45, 7) is 0. The molecular formula is C40H24BF24N. The van der Waals surface area contributed by atoms with Gasteiger partial charge in [0.05, 0.1) is 36.3 Å². The quantitative estimate of drug-likeness (QED) is 0.132. The fourth-order valence-corrected chi connectivity index (χ4v) is 7.71. The molecule has 5 aromatic carbocycles. The second kappa shape index (κ2) is 17.6. The van der Waals surface area contributed by atoms with Gasteiger partial charge in [0, 0.05) is 22.3 Å². The second-order valence-electron chi connectivity index (χ2n) is 14.3. The van der Waals surface area contributed by atoms with Crippen LogP contribution in [0, 0.1) is 0 Å². The molecular weight excluding hydrogens is 961 g/mol. The molecule has 0 atom stereocenters. The number of benzene rings is 5. The van der Waals surface area contributed by atoms with E-state index in [1.807, 2.05) is 6.07 Å². The molecule has 360 valence electrons. The van der Waals surface area contributed by atoms with Crippen LogP contribution in [0.15, 0.2) is 103 Å². The van der Waals surface area contributed by atoms with Crippen LogP contribution < -0.4 is 26.8 Å². The number of hydrogen-bond acceptors (Lipinski definition) is 0. The lowest BCUT2D eigenvalue weighted by molar-refractivity contribution is -0.786. The third-order valence-electron chi connectivity index (χ3n) is 9.96. The highest BCUT2D eigenvalue weighted by Gasteiger charge is 2.56. The Morgan fingerprint density at radius 1 is 0.273 bits per heavy atom. The summed E-state index contributed by atoms with van der Waals surface area (Å²) in [6, 6.07) is 4.24. The molecule has 0 bridgehead atoms. The monoisotopic (exact) mass is 985 g/mol. The molecule has 0 aliphatic carbocycles. The summed E-state index contributed by atoms with van der Waals surface area (Å²) >= 11 is 0. The predicted octanol–water partition coefficient (Wildman–Crippen LogP) is 11.7. The smallest absolute Gasteiger partial charge is 0.307 e. The summed E-state index contributed by atoms with van der Waals surface area (Å²) in [5.74, 6) is 0. The van der Waals surface area contributed by atoms with Gasteiger partial charge < -0.3 is 4.90 Å². The van der Waals surface area contributed by atoms with Crippen molar-refractivity contribution in [2.75, 3.05) is 14.1 Å². The van der Waals surface area contributed by atoms with Crippen molar-refractivity contribution in [1.29, 1.82) is 0 Å². The summed E-state index contributed by atoms with van der Waals surface area (Å²) < 4.78 is 352. The van der Waals surface area contributed by atoms with E-state index in [1.54, 1.807) is 0 Å². The van der Waals surface area contributed by atoms with Crippen molar-refractivity contribution in [2.45, 2.75) is 49.4 Å². The van der Waals surface area contributed by atoms with Crippen LogP contribution in [-0.2, 0) is 49.4 Å². The molecule has 0 saturated heterocycles. The number of nitrogens with one attached hydrogen (secondary N) is 1. The van der Waals surface area contributed by atoms with Gasteiger partial charge in [0.15, 0.2) is 0 Å². The predicted molar refractivity (Wildman–Crippen MR) is 189 cm³/mol. The summed E-state index contributed by atoms with van der Waals surface area (Å²) in [6.07, 6.45) is -60.3. The summed E-state index contributed by atoms with van der Waals surface area (Å²) in [5.41, 5.74) is -37.7. The molecule has 0 radical (unpaired) electrons. The Bertz CT molecular complexity index is 2190. The summed E-state index contributed by atoms with van der Waals surface area (Å²) in [7, 11) is 4.24. The number of para-hydroxylation sites is 1. The minimum atomic E-state index is -6.88. The Morgan fingerprint density at radius 3 is 0.636 bits per heavy atom. The van der Waals surface area contributed by atoms with E-state index in [0.717, 1.165) is 0 Å². The molecule has 1 N–H and O–H groups in total. The lowest BCUT2D eigenvalue weighted by Gasteiger charge is -2.50. The lowest BCUT2D eigenvalue weighted by Crippen LogP contribution is -3.00. The Labute approximate surface area is 355 Å². The maximum Gasteiger partial charge on any atom is 0.416 e. The van der Waals surface area contributed by atoms with E-state index in [2.05, 4.69) is 38.4 Å². The van der Waals surface area contributed by atoms with Crippen molar-refractivity contribution in [3.8, 4) is 0 Å². The van der Waals surface area contributed by atoms with Crippen molar-refractivity contribution in [2.24, 2.45) is 0 Å². The van der Waals surface area contributed by atoms with Crippen LogP contribution in [0.25, 0.3) is 0 Å². The molecule has 5 rings (SSSR count). The molecule has 0 spiro atoms. The average Bonchev–Trinajstić information content (AvgIpc) is 3.15. The minimum Gasteiger partial charge on any atom is -0.307 e. The topological polar surface area (TPSA) is 4.44 Å². The number of rotatable bonds is 5. The number of halogens is 24. The first kappa shape index (κ1) is 53.1. The van der Waals surface area contributed by atoms with Crippen LogP contribution in [0.5, 0.6) is 0 Å². The molecule has 0 aliphatic heterocycles. The van der Waals surface area contributed by atoms with E-state index in [-0.39, 0.29) is 24.3 Å². The van der Waals surface area contributed by atoms with Crippen LogP contribution in [0.4, 0.5) is 111 Å². The van der Waals surface area contributed by atoms with E-state index < -0.39 is 170 Å². The fourth-order valence-electron chi connectivity index (χ4n) is 7.71. The number of hydrogen-bond donors (Lipinski definition) is 1. The molecule has 0 amide bonds. The van der Waals surface area contributed by atoms with Gasteiger partial charge in [-0.3, -0.25) is 0 Å². The highest BCUT2D eigenvalue weighted by atomic mass is 19.4. The van der Waals surface area contributed by atoms with Gasteiger partial charge in [0.1, 0.15) is 11.8 Å². The number of quaternary nitrogens is 1. The zero-order valence-corrected chi connectivity index (χ0v) is 32.5. The molecule has 0 aromatic heterocycles. The molecule has 0 unspecified atom stereocenters. The third-order valence-corrected chi connectivity index (χ3v) is 9.96. The van der Waals surface area contributed by atoms with Gasteiger partial charge in [0.2, 0.25) is 0 Å². The first-order valence-corrected chi connectivity index (χ1v) is 17.8. The Kier molecular flexibility index (Phi) is 14.1. The highest BCUT2D eigenvalue weighted by molar-refractivity contribution is 7.20. The van der Waals surface area contributed by atoms with E-state index in [9.17, 15) is 52.7 Å². The molecule has 26 heteroatoms. The van der Waals surface area contributed by atoms with Gasteiger partial charge in [-0.25, -0.2) is 0 Å². The molecule has 0 saturated carbocycles. The van der Waals surface area contributed by atoms with E-state index in [0.29, 0.717) is 0 Å². The van der Waals surface area contributed by atoms with Crippen LogP contribution in [0.1, 0.15) is 44.5 Å². The van der Waals surface area contributed by atoms with Crippen LogP contribution in [-0.4, -0.2) is 20.2 Å². The fraction of sp³-hybridized carbons (Fsp3) is 0.250. The molecule has 0 heterocycles. The molecule has 5 aromatic rings. The SMILES string of the molecule is C[NH+](C)c1ccccc1.FC(F)(F)c1cccc([B-](c2cccc(C(F)(F)F)c2C(F)(F)F)(c2cccc(C(F)(F)F)c2C(F)(F)F)c2cccc(C(F)(F)F)c2C(F)(F)F)c1C(F)(F)F. The van der Waals surface area contributed by atoms with E-state index >= 15 is 52.7 Å². The third kappa shape index (κ3) is 10.7. The molecule has 0 fully saturated rings. The largest absolute Gasteiger partial charge is 0.416 e. The van der Waals surface area contributed by atoms with Gasteiger partial charge in [0.25, 0.3) is 0 Å². The van der Waals surface area contributed by atoms with Crippen LogP contribution in [0.2, 0.25) is 0 Å². The first-order chi connectivity index (χ1) is 29.7. The highest BCUT2D eigenvalue weighted by Crippen LogP contribution is 2.47. The number of alkyl halides is 24. The van der Waals surface area contributed by atoms with Gasteiger partial charge in [-0.1, -0.05) is 66.7 Å². The lowest BCUT2D eigenvalue weighted by atomic mass is 9.11. The Balaban J connectivity index is 0.000000942. The zero-order valence-electron chi connectivity index (χ0n) is 32.5. The van der Waals surface area contributed by atoms with Gasteiger partial charge in [-0.05, 0) is 36.4 Å². The van der Waals surface area contributed by atoms with Crippen molar-refractivity contribution in [3.05, 3.63) is 148 Å². The average molecular weight is 985 g/mol. The zero-order chi connectivity index (χ0) is 50.6. The van der Waals surface area contributed by atoms with Crippen LogP contribution >= 0.6 is 0 Å². The van der Waals surface area contributed by atoms with Crippen molar-refractivity contribution in [1.82, 2.24) is 0 Å². The van der Waals surface area contributed by atoms with Crippen molar-refractivity contribution < 1.29 is 110 Å². The van der Waals surface area contributed by atoms with Crippen molar-refractivity contribution in [3.63, 3.8) is 0 Å². The maximum atomic E-state index is 15.0. The molecule has 0 aliphatic rings. The second-order valence-corrected chi connectivity index (χ2v) is 14.3. The molecule has 1 nitrogen and oxygen atoms in total. The van der Waals surface area contributed by atoms with Gasteiger partial charge in [-0.2, -0.15) is 127 Å². The van der Waals surface area contributed by atoms with Crippen molar-refractivity contribution >= 4 is 33.7 Å². The van der Waals surface area contributed by atoms with Crippen LogP contribution in [0.3, 0.4) is 0 Å². The van der Waals surface area contributed by atoms with E-state index in [1.165, 1.54) is 10.6 Å². The Hall–Kier alpha value is -5.56. The first-order valence-electron chi connectivity index (χ1n) is 17.8. The minimum absolute atomic E-state index is 0.327. The summed E-state index contributed by atoms with van der Waals surface area (Å²) in [4.78, 5) is 1.37. The maximum absolute atomic E-state index is 15.0. The molecule has 66 heavy (non-hydrogen) atoms. The summed E-state index contributed by atoms with van der Waals surface area (Å²) in [5, 5.41) is 0. The van der Waals surface area contributed by atoms with Gasteiger partial charge in [-0.15, -0.1) is 0 Å². The van der Waals surface area contributed by atoms with Gasteiger partial charge >= 0.3 is 49.4 Å².